The molecule has 1 N–H and O–H groups in total. The van der Waals surface area contributed by atoms with Crippen LogP contribution in [0.3, 0.4) is 0 Å². The molecule has 0 saturated carbocycles. The van der Waals surface area contributed by atoms with Crippen LogP contribution in [0.2, 0.25) is 5.02 Å². The predicted octanol–water partition coefficient (Wildman–Crippen LogP) is 3.52. The summed E-state index contributed by atoms with van der Waals surface area (Å²) in [5, 5.41) is 15.7. The SMILES string of the molecule is Oc1csc(=S)n1N=Cc1ccc(Cl)cc1. The third kappa shape index (κ3) is 2.49. The molecule has 0 aliphatic heterocycles. The Morgan fingerprint density at radius 2 is 2.06 bits per heavy atom. The molecule has 0 saturated heterocycles. The number of halogens is 1. The molecule has 0 unspecified atom stereocenters. The first-order chi connectivity index (χ1) is 7.66. The smallest absolute Gasteiger partial charge is 0.224 e. The number of nitrogens with zero attached hydrogens (tertiary/aromatic N) is 2. The number of hydrogen-bond donors (Lipinski definition) is 1. The lowest BCUT2D eigenvalue weighted by molar-refractivity contribution is 0.429. The molecule has 6 heteroatoms. The average Bonchev–Trinajstić information content (AvgIpc) is 2.59. The molecule has 2 aromatic rings. The minimum Gasteiger partial charge on any atom is -0.493 e. The van der Waals surface area contributed by atoms with Gasteiger partial charge in [-0.3, -0.25) is 0 Å². The van der Waals surface area contributed by atoms with Crippen LogP contribution in [0.5, 0.6) is 5.88 Å². The van der Waals surface area contributed by atoms with Crippen molar-refractivity contribution in [3.05, 3.63) is 44.2 Å². The lowest BCUT2D eigenvalue weighted by atomic mass is 10.2. The molecule has 1 aromatic heterocycles. The molecule has 0 aliphatic carbocycles. The molecule has 0 amide bonds. The van der Waals surface area contributed by atoms with Crippen LogP contribution >= 0.6 is 35.2 Å². The molecule has 3 nitrogen and oxygen atoms in total. The van der Waals surface area contributed by atoms with Crippen LogP contribution < -0.4 is 0 Å². The number of hydrogen-bond acceptors (Lipinski definition) is 4. The van der Waals surface area contributed by atoms with E-state index in [1.807, 2.05) is 12.1 Å². The van der Waals surface area contributed by atoms with Gasteiger partial charge < -0.3 is 5.11 Å². The summed E-state index contributed by atoms with van der Waals surface area (Å²) in [7, 11) is 0. The number of thiazole rings is 1. The molecule has 2 rings (SSSR count). The van der Waals surface area contributed by atoms with E-state index >= 15 is 0 Å². The molecule has 0 bridgehead atoms. The molecule has 1 aromatic carbocycles. The van der Waals surface area contributed by atoms with Gasteiger partial charge in [-0.2, -0.15) is 9.78 Å². The van der Waals surface area contributed by atoms with E-state index in [9.17, 15) is 5.11 Å². The van der Waals surface area contributed by atoms with Crippen LogP contribution in [0.1, 0.15) is 5.56 Å². The first kappa shape index (κ1) is 11.3. The van der Waals surface area contributed by atoms with Crippen LogP contribution in [0, 0.1) is 3.95 Å². The van der Waals surface area contributed by atoms with Crippen LogP contribution in [0.25, 0.3) is 0 Å². The molecule has 0 spiro atoms. The van der Waals surface area contributed by atoms with Gasteiger partial charge in [-0.25, -0.2) is 0 Å². The van der Waals surface area contributed by atoms with E-state index in [0.29, 0.717) is 8.98 Å². The molecule has 82 valence electrons. The van der Waals surface area contributed by atoms with Crippen LogP contribution in [-0.4, -0.2) is 16.0 Å². The standard InChI is InChI=1S/C10H7ClN2OS2/c11-8-3-1-7(2-4-8)5-12-13-9(14)6-16-10(13)15/h1-6,14H. The summed E-state index contributed by atoms with van der Waals surface area (Å²) in [6, 6.07) is 7.21. The summed E-state index contributed by atoms with van der Waals surface area (Å²) in [5.74, 6) is 0.0419. The molecule has 0 radical (unpaired) electrons. The van der Waals surface area contributed by atoms with Crippen LogP contribution in [0.15, 0.2) is 34.7 Å². The maximum atomic E-state index is 9.43. The zero-order chi connectivity index (χ0) is 11.5. The van der Waals surface area contributed by atoms with Crippen LogP contribution in [0.4, 0.5) is 0 Å². The molecule has 0 atom stereocenters. The van der Waals surface area contributed by atoms with Crippen molar-refractivity contribution in [3.63, 3.8) is 0 Å². The summed E-state index contributed by atoms with van der Waals surface area (Å²) in [5.41, 5.74) is 0.886. The third-order valence-corrected chi connectivity index (χ3v) is 3.26. The Bertz CT molecular complexity index is 571. The predicted molar refractivity (Wildman–Crippen MR) is 69.3 cm³/mol. The number of benzene rings is 1. The summed E-state index contributed by atoms with van der Waals surface area (Å²) in [6.07, 6.45) is 1.61. The molecular weight excluding hydrogens is 264 g/mol. The number of rotatable bonds is 2. The molecule has 1 heterocycles. The highest BCUT2D eigenvalue weighted by Gasteiger charge is 1.98. The Labute approximate surface area is 106 Å². The number of aromatic nitrogens is 1. The summed E-state index contributed by atoms with van der Waals surface area (Å²) in [4.78, 5) is 0. The molecular formula is C10H7ClN2OS2. The van der Waals surface area contributed by atoms with Gasteiger partial charge in [0.25, 0.3) is 0 Å². The van der Waals surface area contributed by atoms with Gasteiger partial charge in [-0.05, 0) is 29.9 Å². The molecule has 16 heavy (non-hydrogen) atoms. The van der Waals surface area contributed by atoms with Gasteiger partial charge in [-0.15, -0.1) is 11.3 Å². The quantitative estimate of drug-likeness (QED) is 0.670. The average molecular weight is 271 g/mol. The monoisotopic (exact) mass is 270 g/mol. The van der Waals surface area contributed by atoms with Crippen LogP contribution in [-0.2, 0) is 0 Å². The first-order valence-corrected chi connectivity index (χ1v) is 6.03. The van der Waals surface area contributed by atoms with E-state index in [-0.39, 0.29) is 5.88 Å². The van der Waals surface area contributed by atoms with Gasteiger partial charge in [-0.1, -0.05) is 23.7 Å². The highest BCUT2D eigenvalue weighted by molar-refractivity contribution is 7.73. The van der Waals surface area contributed by atoms with Crippen molar-refractivity contribution in [2.24, 2.45) is 5.10 Å². The normalized spacial score (nSPS) is 11.1. The summed E-state index contributed by atoms with van der Waals surface area (Å²) >= 11 is 12.0. The van der Waals surface area contributed by atoms with Gasteiger partial charge in [0.1, 0.15) is 0 Å². The third-order valence-electron chi connectivity index (χ3n) is 1.85. The largest absolute Gasteiger partial charge is 0.493 e. The Morgan fingerprint density at radius 1 is 1.38 bits per heavy atom. The van der Waals surface area contributed by atoms with Crippen molar-refractivity contribution in [2.75, 3.05) is 0 Å². The van der Waals surface area contributed by atoms with Gasteiger partial charge in [0.05, 0.1) is 11.6 Å². The second-order valence-corrected chi connectivity index (χ2v) is 4.91. The minimum absolute atomic E-state index is 0.0419. The highest BCUT2D eigenvalue weighted by atomic mass is 35.5. The zero-order valence-corrected chi connectivity index (χ0v) is 10.4. The molecule has 0 aliphatic rings. The Balaban J connectivity index is 2.28. The van der Waals surface area contributed by atoms with Gasteiger partial charge in [0.15, 0.2) is 3.95 Å². The number of aromatic hydroxyl groups is 1. The van der Waals surface area contributed by atoms with Gasteiger partial charge in [0, 0.05) is 5.02 Å². The maximum Gasteiger partial charge on any atom is 0.224 e. The highest BCUT2D eigenvalue weighted by Crippen LogP contribution is 2.16. The second-order valence-electron chi connectivity index (χ2n) is 2.97. The van der Waals surface area contributed by atoms with Crippen molar-refractivity contribution in [3.8, 4) is 5.88 Å². The summed E-state index contributed by atoms with van der Waals surface area (Å²) < 4.78 is 1.80. The second kappa shape index (κ2) is 4.78. The van der Waals surface area contributed by atoms with E-state index in [1.165, 1.54) is 16.0 Å². The van der Waals surface area contributed by atoms with Gasteiger partial charge >= 0.3 is 0 Å². The topological polar surface area (TPSA) is 37.5 Å². The van der Waals surface area contributed by atoms with Gasteiger partial charge in [0.2, 0.25) is 5.88 Å². The lowest BCUT2D eigenvalue weighted by Gasteiger charge is -1.95. The Morgan fingerprint density at radius 3 is 2.62 bits per heavy atom. The van der Waals surface area contributed by atoms with Crippen molar-refractivity contribution >= 4 is 41.4 Å². The van der Waals surface area contributed by atoms with Crippen molar-refractivity contribution in [1.29, 1.82) is 0 Å². The zero-order valence-electron chi connectivity index (χ0n) is 8.00. The van der Waals surface area contributed by atoms with E-state index in [2.05, 4.69) is 5.10 Å². The van der Waals surface area contributed by atoms with Crippen molar-refractivity contribution in [1.82, 2.24) is 4.68 Å². The van der Waals surface area contributed by atoms with E-state index < -0.39 is 0 Å². The first-order valence-electron chi connectivity index (χ1n) is 4.36. The summed E-state index contributed by atoms with van der Waals surface area (Å²) in [6.45, 7) is 0. The fraction of sp³-hybridized carbons (Fsp3) is 0. The lowest BCUT2D eigenvalue weighted by Crippen LogP contribution is -1.89. The maximum absolute atomic E-state index is 9.43. The van der Waals surface area contributed by atoms with E-state index in [1.54, 1.807) is 23.7 Å². The fourth-order valence-corrected chi connectivity index (χ4v) is 2.03. The van der Waals surface area contributed by atoms with Crippen molar-refractivity contribution in [2.45, 2.75) is 0 Å². The minimum atomic E-state index is 0.0419. The fourth-order valence-electron chi connectivity index (χ4n) is 1.08. The van der Waals surface area contributed by atoms with E-state index in [4.69, 9.17) is 23.8 Å². The van der Waals surface area contributed by atoms with E-state index in [0.717, 1.165) is 5.56 Å². The molecule has 0 fully saturated rings. The Hall–Kier alpha value is -1.17. The van der Waals surface area contributed by atoms with Crippen molar-refractivity contribution < 1.29 is 5.11 Å². The Kier molecular flexibility index (Phi) is 3.38.